The maximum absolute atomic E-state index is 11.0. The van der Waals surface area contributed by atoms with Crippen molar-refractivity contribution in [1.82, 2.24) is 0 Å². The Labute approximate surface area is 103 Å². The van der Waals surface area contributed by atoms with Gasteiger partial charge in [0, 0.05) is 5.92 Å². The van der Waals surface area contributed by atoms with Crippen LogP contribution in [0, 0.1) is 11.8 Å². The van der Waals surface area contributed by atoms with Gasteiger partial charge in [0.2, 0.25) is 0 Å². The predicted molar refractivity (Wildman–Crippen MR) is 69.0 cm³/mol. The van der Waals surface area contributed by atoms with Gasteiger partial charge in [-0.15, -0.1) is 0 Å². The quantitative estimate of drug-likeness (QED) is 0.672. The molecule has 2 aliphatic rings. The highest BCUT2D eigenvalue weighted by atomic mass is 16.1. The summed E-state index contributed by atoms with van der Waals surface area (Å²) in [4.78, 5) is 11.0. The largest absolute Gasteiger partial charge is 0.303 e. The molecule has 3 rings (SSSR count). The van der Waals surface area contributed by atoms with Crippen LogP contribution in [0.5, 0.6) is 0 Å². The summed E-state index contributed by atoms with van der Waals surface area (Å²) < 4.78 is 0. The summed E-state index contributed by atoms with van der Waals surface area (Å²) in [6.07, 6.45) is 7.00. The molecule has 1 aromatic carbocycles. The van der Waals surface area contributed by atoms with E-state index in [-0.39, 0.29) is 0 Å². The van der Waals surface area contributed by atoms with Crippen molar-refractivity contribution in [1.29, 1.82) is 0 Å². The first-order valence-electron chi connectivity index (χ1n) is 6.78. The third-order valence-corrected chi connectivity index (χ3v) is 5.11. The second-order valence-electron chi connectivity index (χ2n) is 5.98. The lowest BCUT2D eigenvalue weighted by molar-refractivity contribution is -0.113. The lowest BCUT2D eigenvalue weighted by atomic mass is 9.56. The van der Waals surface area contributed by atoms with Crippen molar-refractivity contribution in [2.24, 2.45) is 11.8 Å². The van der Waals surface area contributed by atoms with Crippen LogP contribution in [0.2, 0.25) is 0 Å². The number of hydrogen-bond acceptors (Lipinski definition) is 1. The highest BCUT2D eigenvalue weighted by molar-refractivity contribution is 5.54. The molecule has 0 amide bonds. The maximum Gasteiger partial charge on any atom is 0.123 e. The Balaban J connectivity index is 1.99. The van der Waals surface area contributed by atoms with E-state index in [1.807, 2.05) is 0 Å². The van der Waals surface area contributed by atoms with E-state index < -0.39 is 0 Å². The maximum atomic E-state index is 11.0. The number of carbonyl (C=O) groups is 1. The minimum absolute atomic E-state index is 0.318. The average molecular weight is 228 g/mol. The predicted octanol–water partition coefficient (Wildman–Crippen LogP) is 3.51. The monoisotopic (exact) mass is 228 g/mol. The zero-order valence-corrected chi connectivity index (χ0v) is 10.5. The standard InChI is InChI=1S/C16H20O/c1-16-9-8-12(11-17)10-14(16)7-6-13-4-2-3-5-15(13)16/h2-5,11-12,14H,6-10H2,1H3/t12?,14-,16+/m1/s1. The minimum atomic E-state index is 0.318. The van der Waals surface area contributed by atoms with Crippen LogP contribution < -0.4 is 0 Å². The van der Waals surface area contributed by atoms with Crippen LogP contribution in [0.15, 0.2) is 24.3 Å². The Morgan fingerprint density at radius 2 is 2.12 bits per heavy atom. The molecule has 0 radical (unpaired) electrons. The van der Waals surface area contributed by atoms with Crippen LogP contribution in [0.25, 0.3) is 0 Å². The van der Waals surface area contributed by atoms with Crippen LogP contribution in [0.1, 0.15) is 43.7 Å². The van der Waals surface area contributed by atoms with Crippen molar-refractivity contribution in [2.45, 2.75) is 44.4 Å². The van der Waals surface area contributed by atoms with E-state index in [9.17, 15) is 4.79 Å². The van der Waals surface area contributed by atoms with Crippen LogP contribution in [-0.2, 0) is 16.6 Å². The van der Waals surface area contributed by atoms with Gasteiger partial charge in [0.25, 0.3) is 0 Å². The molecule has 0 aromatic heterocycles. The zero-order chi connectivity index (χ0) is 11.9. The highest BCUT2D eigenvalue weighted by Gasteiger charge is 2.43. The van der Waals surface area contributed by atoms with Gasteiger partial charge in [0.15, 0.2) is 0 Å². The van der Waals surface area contributed by atoms with E-state index in [0.29, 0.717) is 17.3 Å². The molecule has 0 aliphatic heterocycles. The summed E-state index contributed by atoms with van der Waals surface area (Å²) in [6.45, 7) is 2.41. The van der Waals surface area contributed by atoms with Gasteiger partial charge < -0.3 is 4.79 Å². The van der Waals surface area contributed by atoms with Crippen LogP contribution >= 0.6 is 0 Å². The molecule has 1 saturated carbocycles. The fourth-order valence-corrected chi connectivity index (χ4v) is 3.97. The normalized spacial score (nSPS) is 35.8. The molecule has 1 heteroatoms. The molecule has 1 aromatic rings. The number of fused-ring (bicyclic) bond motifs is 3. The van der Waals surface area contributed by atoms with E-state index in [4.69, 9.17) is 0 Å². The lowest BCUT2D eigenvalue weighted by Crippen LogP contribution is -2.41. The third kappa shape index (κ3) is 1.64. The third-order valence-electron chi connectivity index (χ3n) is 5.11. The van der Waals surface area contributed by atoms with Crippen molar-refractivity contribution in [2.75, 3.05) is 0 Å². The van der Waals surface area contributed by atoms with Gasteiger partial charge in [-0.05, 0) is 54.6 Å². The molecule has 0 heterocycles. The molecule has 2 aliphatic carbocycles. The highest BCUT2D eigenvalue weighted by Crippen LogP contribution is 2.50. The average Bonchev–Trinajstić information content (AvgIpc) is 2.38. The Morgan fingerprint density at radius 1 is 1.29 bits per heavy atom. The molecule has 90 valence electrons. The Morgan fingerprint density at radius 3 is 2.94 bits per heavy atom. The summed E-state index contributed by atoms with van der Waals surface area (Å²) >= 11 is 0. The van der Waals surface area contributed by atoms with Crippen LogP contribution in [0.3, 0.4) is 0 Å². The Hall–Kier alpha value is -1.11. The van der Waals surface area contributed by atoms with Gasteiger partial charge in [0.05, 0.1) is 0 Å². The first-order chi connectivity index (χ1) is 8.24. The number of rotatable bonds is 1. The van der Waals surface area contributed by atoms with E-state index in [0.717, 1.165) is 12.8 Å². The van der Waals surface area contributed by atoms with Gasteiger partial charge in [-0.3, -0.25) is 0 Å². The van der Waals surface area contributed by atoms with Gasteiger partial charge in [-0.1, -0.05) is 31.2 Å². The molecule has 0 N–H and O–H groups in total. The van der Waals surface area contributed by atoms with E-state index in [1.165, 1.54) is 31.1 Å². The topological polar surface area (TPSA) is 17.1 Å². The summed E-state index contributed by atoms with van der Waals surface area (Å²) in [5.74, 6) is 1.03. The molecule has 1 nitrogen and oxygen atoms in total. The van der Waals surface area contributed by atoms with Gasteiger partial charge in [-0.25, -0.2) is 0 Å². The summed E-state index contributed by atoms with van der Waals surface area (Å²) in [6, 6.07) is 8.91. The molecule has 3 atom stereocenters. The number of carbonyl (C=O) groups excluding carboxylic acids is 1. The number of aryl methyl sites for hydroxylation is 1. The van der Waals surface area contributed by atoms with Crippen LogP contribution in [-0.4, -0.2) is 6.29 Å². The lowest BCUT2D eigenvalue weighted by Gasteiger charge is -2.48. The van der Waals surface area contributed by atoms with Crippen molar-refractivity contribution < 1.29 is 4.79 Å². The van der Waals surface area contributed by atoms with E-state index >= 15 is 0 Å². The first-order valence-corrected chi connectivity index (χ1v) is 6.78. The van der Waals surface area contributed by atoms with E-state index in [1.54, 1.807) is 5.56 Å². The number of hydrogen-bond donors (Lipinski definition) is 0. The van der Waals surface area contributed by atoms with Crippen molar-refractivity contribution in [3.8, 4) is 0 Å². The van der Waals surface area contributed by atoms with Crippen LogP contribution in [0.4, 0.5) is 0 Å². The Bertz CT molecular complexity index is 437. The minimum Gasteiger partial charge on any atom is -0.303 e. The van der Waals surface area contributed by atoms with Gasteiger partial charge >= 0.3 is 0 Å². The Kier molecular flexibility index (Phi) is 2.57. The molecule has 0 spiro atoms. The van der Waals surface area contributed by atoms with Gasteiger partial charge in [0.1, 0.15) is 6.29 Å². The van der Waals surface area contributed by atoms with Crippen molar-refractivity contribution in [3.05, 3.63) is 35.4 Å². The summed E-state index contributed by atoms with van der Waals surface area (Å²) in [7, 11) is 0. The molecular weight excluding hydrogens is 208 g/mol. The fraction of sp³-hybridized carbons (Fsp3) is 0.562. The smallest absolute Gasteiger partial charge is 0.123 e. The molecule has 1 fully saturated rings. The number of benzene rings is 1. The molecule has 17 heavy (non-hydrogen) atoms. The zero-order valence-electron chi connectivity index (χ0n) is 10.5. The van der Waals surface area contributed by atoms with Crippen molar-refractivity contribution >= 4 is 6.29 Å². The van der Waals surface area contributed by atoms with Crippen molar-refractivity contribution in [3.63, 3.8) is 0 Å². The first kappa shape index (κ1) is 11.0. The summed E-state index contributed by atoms with van der Waals surface area (Å²) in [5.41, 5.74) is 3.42. The number of aldehydes is 1. The SMILES string of the molecule is C[C@]12CCC(C=O)C[C@H]1CCc1ccccc12. The molecular formula is C16H20O. The van der Waals surface area contributed by atoms with E-state index in [2.05, 4.69) is 31.2 Å². The molecule has 0 bridgehead atoms. The summed E-state index contributed by atoms with van der Waals surface area (Å²) in [5, 5.41) is 0. The second kappa shape index (κ2) is 3.97. The van der Waals surface area contributed by atoms with Gasteiger partial charge in [-0.2, -0.15) is 0 Å². The molecule has 0 saturated heterocycles. The fourth-order valence-electron chi connectivity index (χ4n) is 3.97. The molecule has 1 unspecified atom stereocenters. The second-order valence-corrected chi connectivity index (χ2v) is 5.98.